The van der Waals surface area contributed by atoms with Crippen LogP contribution >= 0.6 is 0 Å². The molecule has 3 heteroatoms. The molecule has 0 unspecified atom stereocenters. The van der Waals surface area contributed by atoms with Crippen LogP contribution in [-0.4, -0.2) is 11.8 Å². The number of carbonyl (C=O) groups is 1. The zero-order valence-corrected chi connectivity index (χ0v) is 10.4. The second kappa shape index (κ2) is 4.00. The van der Waals surface area contributed by atoms with Crippen LogP contribution in [0.25, 0.3) is 11.0 Å². The molecule has 3 nitrogen and oxygen atoms in total. The highest BCUT2D eigenvalue weighted by Gasteiger charge is 2.30. The highest BCUT2D eigenvalue weighted by molar-refractivity contribution is 6.01. The van der Waals surface area contributed by atoms with Gasteiger partial charge in [0, 0.05) is 5.39 Å². The minimum absolute atomic E-state index is 0.145. The smallest absolute Gasteiger partial charge is 0.215 e. The summed E-state index contributed by atoms with van der Waals surface area (Å²) in [7, 11) is 0. The molecule has 0 spiro atoms. The van der Waals surface area contributed by atoms with Crippen molar-refractivity contribution in [1.82, 2.24) is 0 Å². The van der Waals surface area contributed by atoms with Crippen molar-refractivity contribution in [2.75, 3.05) is 0 Å². The molecule has 0 saturated carbocycles. The van der Waals surface area contributed by atoms with E-state index in [2.05, 4.69) is 0 Å². The Labute approximate surface area is 101 Å². The van der Waals surface area contributed by atoms with Gasteiger partial charge in [-0.1, -0.05) is 39.0 Å². The summed E-state index contributed by atoms with van der Waals surface area (Å²) in [5.74, 6) is 0.197. The number of hydrogen-bond acceptors (Lipinski definition) is 3. The normalized spacial score (nSPS) is 13.9. The van der Waals surface area contributed by atoms with Crippen LogP contribution in [0.5, 0.6) is 0 Å². The summed E-state index contributed by atoms with van der Waals surface area (Å²) >= 11 is 0. The maximum Gasteiger partial charge on any atom is 0.215 e. The zero-order chi connectivity index (χ0) is 12.6. The molecule has 0 aliphatic heterocycles. The predicted octanol–water partition coefficient (Wildman–Crippen LogP) is 2.99. The van der Waals surface area contributed by atoms with E-state index < -0.39 is 6.04 Å². The van der Waals surface area contributed by atoms with Gasteiger partial charge in [-0.2, -0.15) is 0 Å². The SMILES string of the molecule is CC(C)(C)[C@H](N)C(=O)c1cc2ccccc2o1. The summed E-state index contributed by atoms with van der Waals surface area (Å²) in [6.45, 7) is 5.83. The lowest BCUT2D eigenvalue weighted by molar-refractivity contribution is 0.0875. The summed E-state index contributed by atoms with van der Waals surface area (Å²) < 4.78 is 5.52. The summed E-state index contributed by atoms with van der Waals surface area (Å²) in [5, 5.41) is 0.928. The van der Waals surface area contributed by atoms with E-state index in [1.807, 2.05) is 45.0 Å². The Hall–Kier alpha value is -1.61. The average molecular weight is 231 g/mol. The first-order chi connectivity index (χ1) is 7.89. The Bertz CT molecular complexity index is 516. The molecule has 1 heterocycles. The van der Waals surface area contributed by atoms with Gasteiger partial charge in [-0.15, -0.1) is 0 Å². The van der Waals surface area contributed by atoms with Crippen LogP contribution in [0.2, 0.25) is 0 Å². The Morgan fingerprint density at radius 1 is 1.29 bits per heavy atom. The number of ketones is 1. The molecule has 0 aliphatic rings. The van der Waals surface area contributed by atoms with Gasteiger partial charge in [0.25, 0.3) is 0 Å². The number of para-hydroxylation sites is 1. The summed E-state index contributed by atoms with van der Waals surface area (Å²) in [6.07, 6.45) is 0. The monoisotopic (exact) mass is 231 g/mol. The van der Waals surface area contributed by atoms with Crippen molar-refractivity contribution in [2.24, 2.45) is 11.1 Å². The number of carbonyl (C=O) groups excluding carboxylic acids is 1. The lowest BCUT2D eigenvalue weighted by Gasteiger charge is -2.24. The highest BCUT2D eigenvalue weighted by Crippen LogP contribution is 2.24. The summed E-state index contributed by atoms with van der Waals surface area (Å²) in [4.78, 5) is 12.1. The average Bonchev–Trinajstić information content (AvgIpc) is 2.69. The third-order valence-electron chi connectivity index (χ3n) is 2.88. The number of hydrogen-bond donors (Lipinski definition) is 1. The Balaban J connectivity index is 2.37. The van der Waals surface area contributed by atoms with E-state index in [0.29, 0.717) is 5.76 Å². The van der Waals surface area contributed by atoms with Gasteiger partial charge in [0.15, 0.2) is 5.76 Å². The number of Topliss-reactive ketones (excluding diaryl/α,β-unsaturated/α-hetero) is 1. The molecule has 2 N–H and O–H groups in total. The first-order valence-electron chi connectivity index (χ1n) is 5.68. The Kier molecular flexibility index (Phi) is 2.79. The maximum atomic E-state index is 12.1. The quantitative estimate of drug-likeness (QED) is 0.808. The number of rotatable bonds is 2. The predicted molar refractivity (Wildman–Crippen MR) is 68.0 cm³/mol. The van der Waals surface area contributed by atoms with Crippen molar-refractivity contribution in [2.45, 2.75) is 26.8 Å². The molecule has 0 radical (unpaired) electrons. The molecule has 2 rings (SSSR count). The number of nitrogens with two attached hydrogens (primary N) is 1. The van der Waals surface area contributed by atoms with Gasteiger partial charge in [-0.25, -0.2) is 0 Å². The van der Waals surface area contributed by atoms with Crippen molar-refractivity contribution in [1.29, 1.82) is 0 Å². The molecular formula is C14H17NO2. The van der Waals surface area contributed by atoms with E-state index in [-0.39, 0.29) is 11.2 Å². The Morgan fingerprint density at radius 2 is 1.94 bits per heavy atom. The molecule has 2 aromatic rings. The van der Waals surface area contributed by atoms with Gasteiger partial charge in [0.1, 0.15) is 5.58 Å². The van der Waals surface area contributed by atoms with Crippen molar-refractivity contribution >= 4 is 16.8 Å². The number of furan rings is 1. The fraction of sp³-hybridized carbons (Fsp3) is 0.357. The van der Waals surface area contributed by atoms with Crippen LogP contribution in [0.4, 0.5) is 0 Å². The van der Waals surface area contributed by atoms with Crippen molar-refractivity contribution in [3.63, 3.8) is 0 Å². The molecule has 0 bridgehead atoms. The molecule has 1 aromatic heterocycles. The van der Waals surface area contributed by atoms with Crippen molar-refractivity contribution in [3.8, 4) is 0 Å². The second-order valence-electron chi connectivity index (χ2n) is 5.36. The molecule has 17 heavy (non-hydrogen) atoms. The van der Waals surface area contributed by atoms with Gasteiger partial charge >= 0.3 is 0 Å². The van der Waals surface area contributed by atoms with E-state index in [1.165, 1.54) is 0 Å². The van der Waals surface area contributed by atoms with Crippen LogP contribution in [0.3, 0.4) is 0 Å². The highest BCUT2D eigenvalue weighted by atomic mass is 16.3. The van der Waals surface area contributed by atoms with Gasteiger partial charge in [-0.05, 0) is 17.5 Å². The fourth-order valence-electron chi connectivity index (χ4n) is 1.65. The van der Waals surface area contributed by atoms with Crippen LogP contribution in [-0.2, 0) is 0 Å². The van der Waals surface area contributed by atoms with Crippen LogP contribution in [0.1, 0.15) is 31.3 Å². The first-order valence-corrected chi connectivity index (χ1v) is 5.68. The molecule has 0 saturated heterocycles. The van der Waals surface area contributed by atoms with Crippen LogP contribution in [0.15, 0.2) is 34.7 Å². The van der Waals surface area contributed by atoms with Crippen LogP contribution < -0.4 is 5.73 Å². The van der Waals surface area contributed by atoms with E-state index in [1.54, 1.807) is 6.07 Å². The zero-order valence-electron chi connectivity index (χ0n) is 10.4. The van der Waals surface area contributed by atoms with E-state index in [9.17, 15) is 4.79 Å². The third kappa shape index (κ3) is 2.24. The molecule has 1 aromatic carbocycles. The first kappa shape index (κ1) is 11.9. The van der Waals surface area contributed by atoms with Gasteiger partial charge < -0.3 is 10.2 Å². The lowest BCUT2D eigenvalue weighted by atomic mass is 9.84. The van der Waals surface area contributed by atoms with Gasteiger partial charge in [0.05, 0.1) is 6.04 Å². The minimum atomic E-state index is -0.553. The molecule has 0 aliphatic carbocycles. The van der Waals surface area contributed by atoms with E-state index >= 15 is 0 Å². The van der Waals surface area contributed by atoms with Crippen molar-refractivity contribution < 1.29 is 9.21 Å². The molecule has 0 fully saturated rings. The minimum Gasteiger partial charge on any atom is -0.453 e. The topological polar surface area (TPSA) is 56.2 Å². The van der Waals surface area contributed by atoms with Crippen molar-refractivity contribution in [3.05, 3.63) is 36.1 Å². The standard InChI is InChI=1S/C14H17NO2/c1-14(2,3)13(15)12(16)11-8-9-6-4-5-7-10(9)17-11/h4-8,13H,15H2,1-3H3/t13-/m1/s1. The molecule has 1 atom stereocenters. The lowest BCUT2D eigenvalue weighted by Crippen LogP contribution is -2.42. The number of benzene rings is 1. The van der Waals surface area contributed by atoms with E-state index in [0.717, 1.165) is 11.0 Å². The van der Waals surface area contributed by atoms with Gasteiger partial charge in [-0.3, -0.25) is 4.79 Å². The van der Waals surface area contributed by atoms with E-state index in [4.69, 9.17) is 10.2 Å². The second-order valence-corrected chi connectivity index (χ2v) is 5.36. The maximum absolute atomic E-state index is 12.1. The summed E-state index contributed by atoms with van der Waals surface area (Å²) in [5.41, 5.74) is 6.39. The Morgan fingerprint density at radius 3 is 2.53 bits per heavy atom. The number of fused-ring (bicyclic) bond motifs is 1. The molecule has 90 valence electrons. The van der Waals surface area contributed by atoms with Gasteiger partial charge in [0.2, 0.25) is 5.78 Å². The molecule has 0 amide bonds. The summed E-state index contributed by atoms with van der Waals surface area (Å²) in [6, 6.07) is 8.75. The third-order valence-corrected chi connectivity index (χ3v) is 2.88. The molecular weight excluding hydrogens is 214 g/mol. The van der Waals surface area contributed by atoms with Crippen LogP contribution in [0, 0.1) is 5.41 Å². The fourth-order valence-corrected chi connectivity index (χ4v) is 1.65. The largest absolute Gasteiger partial charge is 0.453 e.